The van der Waals surface area contributed by atoms with Gasteiger partial charge in [0.05, 0.1) is 18.3 Å². The fourth-order valence-corrected chi connectivity index (χ4v) is 4.27. The van der Waals surface area contributed by atoms with Crippen molar-refractivity contribution in [1.82, 2.24) is 19.8 Å². The van der Waals surface area contributed by atoms with Crippen molar-refractivity contribution in [2.75, 3.05) is 33.3 Å². The number of piperazine rings is 1. The van der Waals surface area contributed by atoms with Crippen molar-refractivity contribution in [1.29, 1.82) is 0 Å². The molecule has 0 spiro atoms. The predicted octanol–water partition coefficient (Wildman–Crippen LogP) is 3.74. The first kappa shape index (κ1) is 31.4. The van der Waals surface area contributed by atoms with Crippen LogP contribution >= 0.6 is 0 Å². The van der Waals surface area contributed by atoms with E-state index in [1.807, 2.05) is 18.2 Å². The van der Waals surface area contributed by atoms with Crippen LogP contribution in [-0.2, 0) is 27.5 Å². The summed E-state index contributed by atoms with van der Waals surface area (Å²) in [5, 5.41) is 17.8. The highest BCUT2D eigenvalue weighted by Gasteiger charge is 2.38. The standard InChI is InChI=1S/C25H30N4O5.C2HF3O2/c1-16(2)28-6-8-29(9-7-28)25(32)34-13-17-4-5-20(19(10-17)14-33-3)18-11-21-23(22(30)12-18)26-15-27-24(21)31;3-2(4,5)1(6)7/h4-5,10-12,15-16,30H,6-9,13-14H2,1-3H3,(H,26,27,31);(H,6,7). The molecule has 0 unspecified atom stereocenters. The number of rotatable bonds is 6. The third-order valence-corrected chi connectivity index (χ3v) is 6.41. The molecule has 2 aromatic carbocycles. The maximum atomic E-state index is 12.5. The molecule has 1 saturated heterocycles. The van der Waals surface area contributed by atoms with E-state index in [4.69, 9.17) is 19.4 Å². The number of H-pyrrole nitrogens is 1. The summed E-state index contributed by atoms with van der Waals surface area (Å²) in [6.07, 6.45) is -4.13. The van der Waals surface area contributed by atoms with Crippen LogP contribution in [0.25, 0.3) is 22.0 Å². The summed E-state index contributed by atoms with van der Waals surface area (Å²) in [5.74, 6) is -2.83. The van der Waals surface area contributed by atoms with E-state index < -0.39 is 12.1 Å². The summed E-state index contributed by atoms with van der Waals surface area (Å²) in [6.45, 7) is 7.78. The normalized spacial score (nSPS) is 14.1. The van der Waals surface area contributed by atoms with Crippen molar-refractivity contribution in [3.8, 4) is 16.9 Å². The Bertz CT molecular complexity index is 1430. The molecule has 1 aliphatic rings. The lowest BCUT2D eigenvalue weighted by atomic mass is 9.96. The molecule has 0 saturated carbocycles. The monoisotopic (exact) mass is 580 g/mol. The van der Waals surface area contributed by atoms with Crippen molar-refractivity contribution in [3.63, 3.8) is 0 Å². The Labute approximate surface area is 233 Å². The van der Waals surface area contributed by atoms with E-state index in [2.05, 4.69) is 28.7 Å². The Balaban J connectivity index is 0.000000587. The Morgan fingerprint density at radius 3 is 2.34 bits per heavy atom. The fraction of sp³-hybridized carbons (Fsp3) is 0.407. The van der Waals surface area contributed by atoms with Gasteiger partial charge in [-0.05, 0) is 54.3 Å². The number of methoxy groups -OCH3 is 1. The van der Waals surface area contributed by atoms with Gasteiger partial charge in [-0.2, -0.15) is 13.2 Å². The molecule has 11 nitrogen and oxygen atoms in total. The first-order chi connectivity index (χ1) is 19.3. The number of aromatic nitrogens is 2. The number of phenols is 1. The zero-order chi connectivity index (χ0) is 30.3. The lowest BCUT2D eigenvalue weighted by Crippen LogP contribution is -2.50. The number of hydrogen-bond acceptors (Lipinski definition) is 8. The number of carboxylic acids is 1. The van der Waals surface area contributed by atoms with Crippen molar-refractivity contribution >= 4 is 23.0 Å². The number of aliphatic carboxylic acids is 1. The van der Waals surface area contributed by atoms with Crippen molar-refractivity contribution in [2.45, 2.75) is 39.3 Å². The third-order valence-electron chi connectivity index (χ3n) is 6.41. The molecule has 41 heavy (non-hydrogen) atoms. The second-order valence-corrected chi connectivity index (χ2v) is 9.52. The number of alkyl halides is 3. The number of ether oxygens (including phenoxy) is 2. The number of halogens is 3. The van der Waals surface area contributed by atoms with E-state index >= 15 is 0 Å². The molecule has 0 aliphatic carbocycles. The van der Waals surface area contributed by atoms with Gasteiger partial charge in [-0.1, -0.05) is 12.1 Å². The maximum absolute atomic E-state index is 12.5. The molecule has 0 atom stereocenters. The van der Waals surface area contributed by atoms with Gasteiger partial charge in [-0.3, -0.25) is 9.69 Å². The molecule has 1 fully saturated rings. The minimum Gasteiger partial charge on any atom is -0.506 e. The molecule has 1 amide bonds. The second kappa shape index (κ2) is 13.5. The van der Waals surface area contributed by atoms with E-state index in [9.17, 15) is 27.9 Å². The molecule has 0 bridgehead atoms. The predicted molar refractivity (Wildman–Crippen MR) is 142 cm³/mol. The van der Waals surface area contributed by atoms with Crippen LogP contribution in [0.5, 0.6) is 5.75 Å². The van der Waals surface area contributed by atoms with Gasteiger partial charge in [0.1, 0.15) is 17.9 Å². The molecule has 4 rings (SSSR count). The van der Waals surface area contributed by atoms with Gasteiger partial charge >= 0.3 is 18.2 Å². The zero-order valence-corrected chi connectivity index (χ0v) is 22.7. The van der Waals surface area contributed by atoms with Crippen LogP contribution in [0.15, 0.2) is 41.5 Å². The van der Waals surface area contributed by atoms with Gasteiger partial charge in [-0.15, -0.1) is 0 Å². The molecule has 3 aromatic rings. The summed E-state index contributed by atoms with van der Waals surface area (Å²) < 4.78 is 42.7. The lowest BCUT2D eigenvalue weighted by molar-refractivity contribution is -0.192. The molecule has 14 heteroatoms. The van der Waals surface area contributed by atoms with Gasteiger partial charge in [0.25, 0.3) is 5.56 Å². The highest BCUT2D eigenvalue weighted by atomic mass is 19.4. The largest absolute Gasteiger partial charge is 0.506 e. The van der Waals surface area contributed by atoms with Crippen LogP contribution < -0.4 is 5.56 Å². The Morgan fingerprint density at radius 1 is 1.10 bits per heavy atom. The van der Waals surface area contributed by atoms with Crippen molar-refractivity contribution in [3.05, 3.63) is 58.1 Å². The summed E-state index contributed by atoms with van der Waals surface area (Å²) in [6, 6.07) is 9.41. The second-order valence-electron chi connectivity index (χ2n) is 9.52. The summed E-state index contributed by atoms with van der Waals surface area (Å²) in [7, 11) is 1.60. The number of aromatic hydroxyl groups is 1. The van der Waals surface area contributed by atoms with Crippen LogP contribution in [0.3, 0.4) is 0 Å². The first-order valence-electron chi connectivity index (χ1n) is 12.6. The number of nitrogens with one attached hydrogen (secondary N) is 1. The first-order valence-corrected chi connectivity index (χ1v) is 12.6. The summed E-state index contributed by atoms with van der Waals surface area (Å²) >= 11 is 0. The van der Waals surface area contributed by atoms with Gasteiger partial charge in [0.2, 0.25) is 0 Å². The number of phenolic OH excluding ortho intramolecular Hbond substituents is 1. The van der Waals surface area contributed by atoms with Crippen molar-refractivity contribution < 1.29 is 42.4 Å². The highest BCUT2D eigenvalue weighted by molar-refractivity contribution is 5.89. The number of fused-ring (bicyclic) bond motifs is 1. The van der Waals surface area contributed by atoms with Crippen molar-refractivity contribution in [2.24, 2.45) is 0 Å². The van der Waals surface area contributed by atoms with E-state index in [0.717, 1.165) is 29.8 Å². The Hall–Kier alpha value is -4.17. The van der Waals surface area contributed by atoms with Crippen LogP contribution in [0, 0.1) is 0 Å². The van der Waals surface area contributed by atoms with Crippen LogP contribution in [0.1, 0.15) is 25.0 Å². The minimum atomic E-state index is -5.08. The minimum absolute atomic E-state index is 0.0717. The number of hydrogen-bond donors (Lipinski definition) is 3. The molecular formula is C27H31F3N4O7. The molecule has 1 aromatic heterocycles. The number of carbonyl (C=O) groups is 2. The average Bonchev–Trinajstić information content (AvgIpc) is 2.92. The van der Waals surface area contributed by atoms with E-state index in [1.165, 1.54) is 6.33 Å². The molecule has 2 heterocycles. The summed E-state index contributed by atoms with van der Waals surface area (Å²) in [5.41, 5.74) is 3.08. The van der Waals surface area contributed by atoms with Gasteiger partial charge in [0, 0.05) is 39.3 Å². The number of nitrogens with zero attached hydrogens (tertiary/aromatic N) is 3. The lowest BCUT2D eigenvalue weighted by Gasteiger charge is -2.36. The number of carbonyl (C=O) groups excluding carboxylic acids is 1. The van der Waals surface area contributed by atoms with Crippen LogP contribution in [-0.4, -0.2) is 87.6 Å². The molecular weight excluding hydrogens is 549 g/mol. The zero-order valence-electron chi connectivity index (χ0n) is 22.7. The number of aromatic amines is 1. The number of amides is 1. The summed E-state index contributed by atoms with van der Waals surface area (Å²) in [4.78, 5) is 44.3. The average molecular weight is 581 g/mol. The van der Waals surface area contributed by atoms with Gasteiger partial charge in [-0.25, -0.2) is 14.6 Å². The van der Waals surface area contributed by atoms with E-state index in [1.54, 1.807) is 24.1 Å². The molecule has 222 valence electrons. The van der Waals surface area contributed by atoms with E-state index in [-0.39, 0.29) is 29.5 Å². The SMILES string of the molecule is COCc1cc(COC(=O)N2CCN(C(C)C)CC2)ccc1-c1cc(O)c2nc[nH]c(=O)c2c1.O=C(O)C(F)(F)F. The van der Waals surface area contributed by atoms with E-state index in [0.29, 0.717) is 36.7 Å². The van der Waals surface area contributed by atoms with Crippen LogP contribution in [0.4, 0.5) is 18.0 Å². The van der Waals surface area contributed by atoms with Gasteiger partial charge < -0.3 is 29.6 Å². The quantitative estimate of drug-likeness (QED) is 0.397. The maximum Gasteiger partial charge on any atom is 0.490 e. The third kappa shape index (κ3) is 8.17. The fourth-order valence-electron chi connectivity index (χ4n) is 4.27. The Kier molecular flexibility index (Phi) is 10.3. The number of benzene rings is 2. The molecule has 0 radical (unpaired) electrons. The Morgan fingerprint density at radius 2 is 1.76 bits per heavy atom. The number of carboxylic acid groups (broad SMARTS) is 1. The smallest absolute Gasteiger partial charge is 0.490 e. The highest BCUT2D eigenvalue weighted by Crippen LogP contribution is 2.32. The topological polar surface area (TPSA) is 145 Å². The molecule has 3 N–H and O–H groups in total. The molecule has 1 aliphatic heterocycles. The van der Waals surface area contributed by atoms with Gasteiger partial charge in [0.15, 0.2) is 0 Å². The van der Waals surface area contributed by atoms with Crippen LogP contribution in [0.2, 0.25) is 0 Å².